The third-order valence-corrected chi connectivity index (χ3v) is 5.37. The van der Waals surface area contributed by atoms with E-state index < -0.39 is 5.97 Å². The van der Waals surface area contributed by atoms with Crippen LogP contribution in [0.1, 0.15) is 31.8 Å². The van der Waals surface area contributed by atoms with Crippen LogP contribution in [0.25, 0.3) is 6.08 Å². The van der Waals surface area contributed by atoms with Gasteiger partial charge >= 0.3 is 5.97 Å². The molecule has 0 fully saturated rings. The van der Waals surface area contributed by atoms with Gasteiger partial charge in [-0.3, -0.25) is 4.79 Å². The first-order chi connectivity index (χ1) is 13.1. The van der Waals surface area contributed by atoms with Gasteiger partial charge in [-0.15, -0.1) is 0 Å². The number of esters is 1. The van der Waals surface area contributed by atoms with Crippen molar-refractivity contribution in [2.24, 2.45) is 0 Å². The summed E-state index contributed by atoms with van der Waals surface area (Å²) in [5, 5.41) is 0. The minimum atomic E-state index is -0.422. The normalized spacial score (nSPS) is 14.3. The van der Waals surface area contributed by atoms with Gasteiger partial charge in [0.05, 0.1) is 10.5 Å². The number of rotatable bonds is 3. The molecule has 3 aromatic carbocycles. The first-order valence-corrected chi connectivity index (χ1v) is 9.34. The molecule has 132 valence electrons. The molecule has 0 aliphatic carbocycles. The summed E-state index contributed by atoms with van der Waals surface area (Å²) < 4.78 is 5.59. The third kappa shape index (κ3) is 3.57. The molecule has 0 saturated carbocycles. The molecule has 0 radical (unpaired) electrons. The molecular weight excluding hydrogens is 356 g/mol. The van der Waals surface area contributed by atoms with Crippen LogP contribution in [-0.2, 0) is 0 Å². The lowest BCUT2D eigenvalue weighted by molar-refractivity contribution is 0.0734. The summed E-state index contributed by atoms with van der Waals surface area (Å²) in [4.78, 5) is 26.6. The SMILES string of the molecule is Cc1ccc(C(=O)Oc2ccccc2/C=C2/Sc3ccccc3C2=O)cc1. The van der Waals surface area contributed by atoms with Gasteiger partial charge in [-0.2, -0.15) is 0 Å². The minimum absolute atomic E-state index is 0.00439. The zero-order valence-corrected chi connectivity index (χ0v) is 15.5. The number of ketones is 1. The number of hydrogen-bond acceptors (Lipinski definition) is 4. The Morgan fingerprint density at radius 3 is 2.41 bits per heavy atom. The lowest BCUT2D eigenvalue weighted by atomic mass is 10.1. The fourth-order valence-corrected chi connectivity index (χ4v) is 3.86. The average molecular weight is 372 g/mol. The number of carbonyl (C=O) groups is 2. The number of fused-ring (bicyclic) bond motifs is 1. The summed E-state index contributed by atoms with van der Waals surface area (Å²) in [5.41, 5.74) is 2.97. The van der Waals surface area contributed by atoms with Crippen molar-refractivity contribution in [2.45, 2.75) is 11.8 Å². The highest BCUT2D eigenvalue weighted by Gasteiger charge is 2.25. The van der Waals surface area contributed by atoms with Gasteiger partial charge in [0.25, 0.3) is 0 Å². The summed E-state index contributed by atoms with van der Waals surface area (Å²) >= 11 is 1.44. The van der Waals surface area contributed by atoms with Gasteiger partial charge < -0.3 is 4.74 Å². The maximum Gasteiger partial charge on any atom is 0.343 e. The zero-order valence-electron chi connectivity index (χ0n) is 14.6. The number of para-hydroxylation sites is 1. The van der Waals surface area contributed by atoms with E-state index in [4.69, 9.17) is 4.74 Å². The van der Waals surface area contributed by atoms with E-state index in [-0.39, 0.29) is 5.78 Å². The van der Waals surface area contributed by atoms with Gasteiger partial charge in [0.1, 0.15) is 5.75 Å². The van der Waals surface area contributed by atoms with E-state index in [1.165, 1.54) is 11.8 Å². The molecule has 4 rings (SSSR count). The highest BCUT2D eigenvalue weighted by atomic mass is 32.2. The van der Waals surface area contributed by atoms with Crippen LogP contribution in [0.15, 0.2) is 82.6 Å². The molecule has 0 spiro atoms. The topological polar surface area (TPSA) is 43.4 Å². The predicted octanol–water partition coefficient (Wildman–Crippen LogP) is 5.54. The average Bonchev–Trinajstić information content (AvgIpc) is 3.00. The van der Waals surface area contributed by atoms with Crippen molar-refractivity contribution in [2.75, 3.05) is 0 Å². The smallest absolute Gasteiger partial charge is 0.343 e. The Morgan fingerprint density at radius 2 is 1.63 bits per heavy atom. The largest absolute Gasteiger partial charge is 0.422 e. The monoisotopic (exact) mass is 372 g/mol. The Labute approximate surface area is 161 Å². The second kappa shape index (κ2) is 7.25. The fraction of sp³-hybridized carbons (Fsp3) is 0.0435. The molecule has 0 aromatic heterocycles. The Hall–Kier alpha value is -3.11. The van der Waals surface area contributed by atoms with Crippen molar-refractivity contribution in [1.29, 1.82) is 0 Å². The molecule has 4 heteroatoms. The van der Waals surface area contributed by atoms with Crippen molar-refractivity contribution in [3.05, 3.63) is 100.0 Å². The molecular formula is C23H16O3S. The highest BCUT2D eigenvalue weighted by Crippen LogP contribution is 2.41. The number of benzene rings is 3. The van der Waals surface area contributed by atoms with Crippen LogP contribution in [0.4, 0.5) is 0 Å². The van der Waals surface area contributed by atoms with Crippen molar-refractivity contribution in [3.8, 4) is 5.75 Å². The van der Waals surface area contributed by atoms with E-state index in [9.17, 15) is 9.59 Å². The molecule has 1 heterocycles. The third-order valence-electron chi connectivity index (χ3n) is 4.27. The van der Waals surface area contributed by atoms with Gasteiger partial charge in [0.15, 0.2) is 0 Å². The van der Waals surface area contributed by atoms with Crippen LogP contribution >= 0.6 is 11.8 Å². The summed E-state index contributed by atoms with van der Waals surface area (Å²) in [6, 6.07) is 22.0. The van der Waals surface area contributed by atoms with Gasteiger partial charge in [-0.25, -0.2) is 4.79 Å². The van der Waals surface area contributed by atoms with Gasteiger partial charge in [0.2, 0.25) is 5.78 Å². The van der Waals surface area contributed by atoms with E-state index in [1.54, 1.807) is 30.3 Å². The molecule has 1 aliphatic rings. The van der Waals surface area contributed by atoms with Crippen LogP contribution in [0.3, 0.4) is 0 Å². The number of carbonyl (C=O) groups excluding carboxylic acids is 2. The van der Waals surface area contributed by atoms with Crippen LogP contribution in [0.2, 0.25) is 0 Å². The van der Waals surface area contributed by atoms with Crippen LogP contribution < -0.4 is 4.74 Å². The fourth-order valence-electron chi connectivity index (χ4n) is 2.82. The first-order valence-electron chi connectivity index (χ1n) is 8.53. The van der Waals surface area contributed by atoms with Crippen LogP contribution in [0.5, 0.6) is 5.75 Å². The number of ether oxygens (including phenoxy) is 1. The Bertz CT molecular complexity index is 1060. The maximum absolute atomic E-state index is 12.6. The van der Waals surface area contributed by atoms with Crippen LogP contribution in [-0.4, -0.2) is 11.8 Å². The second-order valence-electron chi connectivity index (χ2n) is 6.23. The van der Waals surface area contributed by atoms with Crippen molar-refractivity contribution >= 4 is 29.6 Å². The molecule has 27 heavy (non-hydrogen) atoms. The number of allylic oxidation sites excluding steroid dienone is 1. The zero-order chi connectivity index (χ0) is 18.8. The van der Waals surface area contributed by atoms with E-state index in [2.05, 4.69) is 0 Å². The van der Waals surface area contributed by atoms with E-state index in [0.29, 0.717) is 27.3 Å². The van der Waals surface area contributed by atoms with E-state index >= 15 is 0 Å². The highest BCUT2D eigenvalue weighted by molar-refractivity contribution is 8.04. The molecule has 0 bridgehead atoms. The molecule has 3 aromatic rings. The summed E-state index contributed by atoms with van der Waals surface area (Å²) in [7, 11) is 0. The van der Waals surface area contributed by atoms with Gasteiger partial charge in [0, 0.05) is 16.0 Å². The van der Waals surface area contributed by atoms with E-state index in [0.717, 1.165) is 10.5 Å². The molecule has 0 amide bonds. The summed E-state index contributed by atoms with van der Waals surface area (Å²) in [6.45, 7) is 1.96. The summed E-state index contributed by atoms with van der Waals surface area (Å²) in [6.07, 6.45) is 1.78. The standard InChI is InChI=1S/C23H16O3S/c1-15-10-12-16(13-11-15)23(25)26-19-8-4-2-6-17(19)14-21-22(24)18-7-3-5-9-20(18)27-21/h2-14H,1H3/b21-14+. The van der Waals surface area contributed by atoms with Gasteiger partial charge in [-0.05, 0) is 43.3 Å². The molecule has 0 N–H and O–H groups in total. The molecule has 0 saturated heterocycles. The molecule has 3 nitrogen and oxygen atoms in total. The molecule has 0 unspecified atom stereocenters. The second-order valence-corrected chi connectivity index (χ2v) is 7.31. The van der Waals surface area contributed by atoms with Crippen molar-refractivity contribution < 1.29 is 14.3 Å². The number of aryl methyl sites for hydroxylation is 1. The van der Waals surface area contributed by atoms with Crippen LogP contribution in [0, 0.1) is 6.92 Å². The Morgan fingerprint density at radius 1 is 0.926 bits per heavy atom. The predicted molar refractivity (Wildman–Crippen MR) is 107 cm³/mol. The quantitative estimate of drug-likeness (QED) is 0.344. The first kappa shape index (κ1) is 17.3. The lowest BCUT2D eigenvalue weighted by Gasteiger charge is -2.08. The Balaban J connectivity index is 1.62. The molecule has 1 aliphatic heterocycles. The Kier molecular flexibility index (Phi) is 4.65. The lowest BCUT2D eigenvalue weighted by Crippen LogP contribution is -2.09. The summed E-state index contributed by atoms with van der Waals surface area (Å²) in [5.74, 6) is 0.00438. The minimum Gasteiger partial charge on any atom is -0.422 e. The van der Waals surface area contributed by atoms with E-state index in [1.807, 2.05) is 55.5 Å². The van der Waals surface area contributed by atoms with Crippen molar-refractivity contribution in [1.82, 2.24) is 0 Å². The van der Waals surface area contributed by atoms with Crippen molar-refractivity contribution in [3.63, 3.8) is 0 Å². The van der Waals surface area contributed by atoms with Gasteiger partial charge in [-0.1, -0.05) is 59.8 Å². The molecule has 0 atom stereocenters. The number of Topliss-reactive ketones (excluding diaryl/α,β-unsaturated/α-hetero) is 1. The maximum atomic E-state index is 12.6. The number of hydrogen-bond donors (Lipinski definition) is 0. The number of thioether (sulfide) groups is 1.